The van der Waals surface area contributed by atoms with Gasteiger partial charge in [0.2, 0.25) is 0 Å². The number of piperazine rings is 1. The highest BCUT2D eigenvalue weighted by Gasteiger charge is 2.37. The molecule has 0 spiro atoms. The highest BCUT2D eigenvalue weighted by Crippen LogP contribution is 2.39. The van der Waals surface area contributed by atoms with Crippen LogP contribution >= 0.6 is 11.6 Å². The molecule has 1 aliphatic heterocycles. The molecule has 0 bridgehead atoms. The van der Waals surface area contributed by atoms with Crippen molar-refractivity contribution in [1.29, 1.82) is 0 Å². The van der Waals surface area contributed by atoms with Crippen LogP contribution in [0.4, 0.5) is 13.2 Å². The fourth-order valence-electron chi connectivity index (χ4n) is 3.20. The first kappa shape index (κ1) is 17.3. The molecule has 1 aliphatic rings. The SMILES string of the molecule is FC(F)(F)c1ccccc1C(c1cccc(Cl)c1)N1CCNCC1. The molecule has 0 amide bonds. The van der Waals surface area contributed by atoms with Crippen LogP contribution in [0.3, 0.4) is 0 Å². The fourth-order valence-corrected chi connectivity index (χ4v) is 3.40. The van der Waals surface area contributed by atoms with Gasteiger partial charge < -0.3 is 5.32 Å². The van der Waals surface area contributed by atoms with Crippen molar-refractivity contribution in [1.82, 2.24) is 10.2 Å². The van der Waals surface area contributed by atoms with Gasteiger partial charge in [0.1, 0.15) is 0 Å². The third-order valence-corrected chi connectivity index (χ3v) is 4.48. The molecular weight excluding hydrogens is 337 g/mol. The Balaban J connectivity index is 2.12. The zero-order valence-corrected chi connectivity index (χ0v) is 13.7. The Morgan fingerprint density at radius 2 is 1.71 bits per heavy atom. The molecule has 1 saturated heterocycles. The highest BCUT2D eigenvalue weighted by molar-refractivity contribution is 6.30. The van der Waals surface area contributed by atoms with Crippen LogP contribution in [0.15, 0.2) is 48.5 Å². The van der Waals surface area contributed by atoms with Gasteiger partial charge in [-0.05, 0) is 29.3 Å². The Hall–Kier alpha value is -1.56. The summed E-state index contributed by atoms with van der Waals surface area (Å²) in [5, 5.41) is 3.76. The molecule has 1 fully saturated rings. The lowest BCUT2D eigenvalue weighted by atomic mass is 9.92. The Kier molecular flexibility index (Phi) is 5.13. The number of alkyl halides is 3. The van der Waals surface area contributed by atoms with E-state index >= 15 is 0 Å². The van der Waals surface area contributed by atoms with Gasteiger partial charge in [0.05, 0.1) is 11.6 Å². The van der Waals surface area contributed by atoms with E-state index in [1.54, 1.807) is 30.3 Å². The van der Waals surface area contributed by atoms with Gasteiger partial charge in [0, 0.05) is 31.2 Å². The van der Waals surface area contributed by atoms with Crippen LogP contribution < -0.4 is 5.32 Å². The molecule has 2 aromatic rings. The van der Waals surface area contributed by atoms with E-state index in [0.29, 0.717) is 18.1 Å². The molecule has 0 aliphatic carbocycles. The van der Waals surface area contributed by atoms with E-state index in [0.717, 1.165) is 24.7 Å². The number of nitrogens with zero attached hydrogens (tertiary/aromatic N) is 1. The minimum absolute atomic E-state index is 0.272. The van der Waals surface area contributed by atoms with E-state index in [-0.39, 0.29) is 5.56 Å². The third-order valence-electron chi connectivity index (χ3n) is 4.24. The lowest BCUT2D eigenvalue weighted by molar-refractivity contribution is -0.138. The summed E-state index contributed by atoms with van der Waals surface area (Å²) < 4.78 is 40.5. The molecule has 1 heterocycles. The highest BCUT2D eigenvalue weighted by atomic mass is 35.5. The summed E-state index contributed by atoms with van der Waals surface area (Å²) in [6.07, 6.45) is -4.39. The minimum atomic E-state index is -4.39. The van der Waals surface area contributed by atoms with E-state index in [9.17, 15) is 13.2 Å². The maximum absolute atomic E-state index is 13.5. The molecule has 6 heteroatoms. The summed E-state index contributed by atoms with van der Waals surface area (Å²) in [6, 6.07) is 12.4. The van der Waals surface area contributed by atoms with Crippen molar-refractivity contribution in [2.75, 3.05) is 26.2 Å². The first-order valence-corrected chi connectivity index (χ1v) is 8.21. The van der Waals surface area contributed by atoms with Gasteiger partial charge >= 0.3 is 6.18 Å². The normalized spacial score (nSPS) is 17.7. The smallest absolute Gasteiger partial charge is 0.314 e. The van der Waals surface area contributed by atoms with Crippen LogP contribution in [-0.2, 0) is 6.18 Å². The number of hydrogen-bond donors (Lipinski definition) is 1. The average Bonchev–Trinajstić information content (AvgIpc) is 2.56. The maximum atomic E-state index is 13.5. The summed E-state index contributed by atoms with van der Waals surface area (Å²) in [5.74, 6) is 0. The quantitative estimate of drug-likeness (QED) is 0.881. The van der Waals surface area contributed by atoms with E-state index in [2.05, 4.69) is 10.2 Å². The van der Waals surface area contributed by atoms with Gasteiger partial charge in [0.15, 0.2) is 0 Å². The van der Waals surface area contributed by atoms with Crippen LogP contribution in [0.2, 0.25) is 5.02 Å². The standard InChI is InChI=1S/C18H18ClF3N2/c19-14-5-3-4-13(12-14)17(24-10-8-23-9-11-24)15-6-1-2-7-16(15)18(20,21)22/h1-7,12,17,23H,8-11H2. The van der Waals surface area contributed by atoms with Crippen LogP contribution in [0.25, 0.3) is 0 Å². The predicted octanol–water partition coefficient (Wildman–Crippen LogP) is 4.35. The first-order chi connectivity index (χ1) is 11.5. The molecule has 0 aromatic heterocycles. The van der Waals surface area contributed by atoms with Crippen LogP contribution in [0, 0.1) is 0 Å². The molecule has 1 atom stereocenters. The fraction of sp³-hybridized carbons (Fsp3) is 0.333. The Morgan fingerprint density at radius 1 is 1.00 bits per heavy atom. The third kappa shape index (κ3) is 3.74. The number of nitrogens with one attached hydrogen (secondary N) is 1. The van der Waals surface area contributed by atoms with Gasteiger partial charge in [-0.2, -0.15) is 13.2 Å². The van der Waals surface area contributed by atoms with Gasteiger partial charge in [0.25, 0.3) is 0 Å². The number of benzene rings is 2. The molecule has 3 rings (SSSR count). The Bertz CT molecular complexity index is 697. The predicted molar refractivity (Wildman–Crippen MR) is 89.2 cm³/mol. The minimum Gasteiger partial charge on any atom is -0.314 e. The van der Waals surface area contributed by atoms with E-state index in [4.69, 9.17) is 11.6 Å². The van der Waals surface area contributed by atoms with Gasteiger partial charge in [-0.3, -0.25) is 4.90 Å². The van der Waals surface area contributed by atoms with Gasteiger partial charge in [-0.1, -0.05) is 41.9 Å². The Labute approximate surface area is 144 Å². The van der Waals surface area contributed by atoms with Crippen LogP contribution in [0.1, 0.15) is 22.7 Å². The number of halogens is 4. The van der Waals surface area contributed by atoms with Crippen molar-refractivity contribution >= 4 is 11.6 Å². The summed E-state index contributed by atoms with van der Waals surface area (Å²) in [7, 11) is 0. The van der Waals surface area contributed by atoms with E-state index < -0.39 is 17.8 Å². The van der Waals surface area contributed by atoms with Crippen molar-refractivity contribution in [2.24, 2.45) is 0 Å². The van der Waals surface area contributed by atoms with E-state index in [1.807, 2.05) is 6.07 Å². The van der Waals surface area contributed by atoms with Crippen molar-refractivity contribution < 1.29 is 13.2 Å². The Morgan fingerprint density at radius 3 is 2.38 bits per heavy atom. The second kappa shape index (κ2) is 7.13. The second-order valence-electron chi connectivity index (χ2n) is 5.83. The van der Waals surface area contributed by atoms with Crippen LogP contribution in [-0.4, -0.2) is 31.1 Å². The molecule has 128 valence electrons. The van der Waals surface area contributed by atoms with Gasteiger partial charge in [-0.15, -0.1) is 0 Å². The van der Waals surface area contributed by atoms with Crippen LogP contribution in [0.5, 0.6) is 0 Å². The molecule has 2 nitrogen and oxygen atoms in total. The van der Waals surface area contributed by atoms with Gasteiger partial charge in [-0.25, -0.2) is 0 Å². The zero-order valence-electron chi connectivity index (χ0n) is 13.0. The van der Waals surface area contributed by atoms with Crippen molar-refractivity contribution in [3.05, 3.63) is 70.2 Å². The molecule has 2 aromatic carbocycles. The maximum Gasteiger partial charge on any atom is 0.416 e. The molecular formula is C18H18ClF3N2. The van der Waals surface area contributed by atoms with Crippen molar-refractivity contribution in [3.8, 4) is 0 Å². The van der Waals surface area contributed by atoms with Crippen molar-refractivity contribution in [3.63, 3.8) is 0 Å². The van der Waals surface area contributed by atoms with Crippen molar-refractivity contribution in [2.45, 2.75) is 12.2 Å². The second-order valence-corrected chi connectivity index (χ2v) is 6.26. The van der Waals surface area contributed by atoms with E-state index in [1.165, 1.54) is 6.07 Å². The zero-order chi connectivity index (χ0) is 17.2. The summed E-state index contributed by atoms with van der Waals surface area (Å²) in [4.78, 5) is 2.08. The molecule has 0 saturated carbocycles. The molecule has 24 heavy (non-hydrogen) atoms. The molecule has 1 unspecified atom stereocenters. The lowest BCUT2D eigenvalue weighted by Gasteiger charge is -2.36. The average molecular weight is 355 g/mol. The molecule has 0 radical (unpaired) electrons. The monoisotopic (exact) mass is 354 g/mol. The topological polar surface area (TPSA) is 15.3 Å². The number of rotatable bonds is 3. The lowest BCUT2D eigenvalue weighted by Crippen LogP contribution is -2.45. The number of hydrogen-bond acceptors (Lipinski definition) is 2. The largest absolute Gasteiger partial charge is 0.416 e. The summed E-state index contributed by atoms with van der Waals surface area (Å²) >= 11 is 6.09. The molecule has 1 N–H and O–H groups in total. The summed E-state index contributed by atoms with van der Waals surface area (Å²) in [5.41, 5.74) is 0.462. The first-order valence-electron chi connectivity index (χ1n) is 7.83. The summed E-state index contributed by atoms with van der Waals surface area (Å²) in [6.45, 7) is 2.88.